The Labute approximate surface area is 95.9 Å². The molecule has 0 bridgehead atoms. The van der Waals surface area contributed by atoms with E-state index in [0.717, 1.165) is 11.6 Å². The van der Waals surface area contributed by atoms with Crippen molar-refractivity contribution in [3.63, 3.8) is 0 Å². The molecule has 0 radical (unpaired) electrons. The molecule has 0 aliphatic heterocycles. The van der Waals surface area contributed by atoms with Gasteiger partial charge in [-0.2, -0.15) is 0 Å². The fourth-order valence-corrected chi connectivity index (χ4v) is 3.86. The summed E-state index contributed by atoms with van der Waals surface area (Å²) < 4.78 is 5.36. The van der Waals surface area contributed by atoms with Crippen LogP contribution in [0.2, 0.25) is 45.3 Å². The zero-order chi connectivity index (χ0) is 12.3. The summed E-state index contributed by atoms with van der Waals surface area (Å²) in [5, 5.41) is 0. The first-order valence-corrected chi connectivity index (χ1v) is 12.5. The Morgan fingerprint density at radius 1 is 1.13 bits per heavy atom. The maximum absolute atomic E-state index is 11.5. The van der Waals surface area contributed by atoms with Crippen molar-refractivity contribution < 1.29 is 9.22 Å². The minimum Gasteiger partial charge on any atom is -0.517 e. The Bertz CT molecular complexity index is 257. The molecule has 0 rings (SSSR count). The smallest absolute Gasteiger partial charge is 0.317 e. The highest BCUT2D eigenvalue weighted by Gasteiger charge is 2.19. The lowest BCUT2D eigenvalue weighted by atomic mass is 10.3. The van der Waals surface area contributed by atoms with E-state index >= 15 is 0 Å². The summed E-state index contributed by atoms with van der Waals surface area (Å²) in [6.45, 7) is 15.0. The first kappa shape index (κ1) is 14.6. The zero-order valence-corrected chi connectivity index (χ0v) is 13.1. The van der Waals surface area contributed by atoms with Gasteiger partial charge >= 0.3 is 5.97 Å². The van der Waals surface area contributed by atoms with E-state index in [1.807, 2.05) is 26.6 Å². The van der Waals surface area contributed by atoms with Crippen LogP contribution in [0.5, 0.6) is 0 Å². The lowest BCUT2D eigenvalue weighted by Crippen LogP contribution is -2.28. The molecule has 0 aromatic heterocycles. The summed E-state index contributed by atoms with van der Waals surface area (Å²) in [6, 6.07) is 1.06. The minimum atomic E-state index is -1.73. The Morgan fingerprint density at radius 2 is 1.60 bits per heavy atom. The number of rotatable bonds is 4. The van der Waals surface area contributed by atoms with Gasteiger partial charge in [0.2, 0.25) is 8.32 Å². The van der Waals surface area contributed by atoms with Crippen molar-refractivity contribution in [2.75, 3.05) is 0 Å². The van der Waals surface area contributed by atoms with Crippen molar-refractivity contribution in [2.45, 2.75) is 52.2 Å². The molecule has 0 saturated carbocycles. The molecule has 0 aromatic carbocycles. The molecule has 4 heteroatoms. The van der Waals surface area contributed by atoms with Gasteiger partial charge in [0.15, 0.2) is 0 Å². The first-order chi connectivity index (χ1) is 6.49. The van der Waals surface area contributed by atoms with Crippen molar-refractivity contribution in [3.8, 4) is 0 Å². The van der Waals surface area contributed by atoms with Crippen molar-refractivity contribution in [1.82, 2.24) is 0 Å². The molecule has 0 amide bonds. The number of allylic oxidation sites excluding steroid dienone is 1. The van der Waals surface area contributed by atoms with Crippen LogP contribution in [0.3, 0.4) is 0 Å². The van der Waals surface area contributed by atoms with E-state index in [4.69, 9.17) is 4.43 Å². The van der Waals surface area contributed by atoms with Gasteiger partial charge in [0.25, 0.3) is 0 Å². The molecule has 0 aliphatic rings. The summed E-state index contributed by atoms with van der Waals surface area (Å²) in [5.41, 5.74) is 1.15. The fraction of sp³-hybridized carbons (Fsp3) is 0.727. The van der Waals surface area contributed by atoms with Crippen molar-refractivity contribution in [1.29, 1.82) is 0 Å². The van der Waals surface area contributed by atoms with Crippen molar-refractivity contribution >= 4 is 22.4 Å². The maximum Gasteiger partial charge on any atom is 0.317 e. The number of hydrogen-bond donors (Lipinski definition) is 0. The highest BCUT2D eigenvalue weighted by Crippen LogP contribution is 2.16. The summed E-state index contributed by atoms with van der Waals surface area (Å²) in [4.78, 5) is 11.5. The standard InChI is InChI=1S/C11H24O2Si2/c1-10(9-14(2,3)4)8-11(12)13-15(5,6)7/h8H,9H2,1-7H3/b10-8-. The quantitative estimate of drug-likeness (QED) is 0.557. The van der Waals surface area contributed by atoms with Gasteiger partial charge < -0.3 is 4.43 Å². The van der Waals surface area contributed by atoms with Gasteiger partial charge in [0, 0.05) is 14.1 Å². The topological polar surface area (TPSA) is 26.3 Å². The minimum absolute atomic E-state index is 0.162. The van der Waals surface area contributed by atoms with Crippen LogP contribution in [-0.4, -0.2) is 22.4 Å². The largest absolute Gasteiger partial charge is 0.517 e. The molecule has 0 aliphatic carbocycles. The molecule has 0 atom stereocenters. The van der Waals surface area contributed by atoms with E-state index in [1.165, 1.54) is 0 Å². The van der Waals surface area contributed by atoms with Crippen LogP contribution in [-0.2, 0) is 9.22 Å². The van der Waals surface area contributed by atoms with E-state index in [0.29, 0.717) is 0 Å². The highest BCUT2D eigenvalue weighted by molar-refractivity contribution is 6.76. The van der Waals surface area contributed by atoms with Gasteiger partial charge in [-0.05, 0) is 32.6 Å². The molecule has 0 spiro atoms. The summed E-state index contributed by atoms with van der Waals surface area (Å²) in [6.07, 6.45) is 1.66. The molecule has 88 valence electrons. The van der Waals surface area contributed by atoms with E-state index in [9.17, 15) is 4.79 Å². The summed E-state index contributed by atoms with van der Waals surface area (Å²) >= 11 is 0. The van der Waals surface area contributed by atoms with E-state index in [-0.39, 0.29) is 5.97 Å². The van der Waals surface area contributed by atoms with Crippen molar-refractivity contribution in [2.24, 2.45) is 0 Å². The fourth-order valence-electron chi connectivity index (χ4n) is 1.42. The second-order valence-electron chi connectivity index (χ2n) is 6.26. The molecule has 0 saturated heterocycles. The predicted molar refractivity (Wildman–Crippen MR) is 71.3 cm³/mol. The first-order valence-electron chi connectivity index (χ1n) is 5.40. The van der Waals surface area contributed by atoms with Gasteiger partial charge in [-0.3, -0.25) is 0 Å². The average molecular weight is 244 g/mol. The van der Waals surface area contributed by atoms with Crippen LogP contribution in [0.25, 0.3) is 0 Å². The second kappa shape index (κ2) is 5.12. The average Bonchev–Trinajstić information content (AvgIpc) is 1.73. The van der Waals surface area contributed by atoms with Gasteiger partial charge in [0.1, 0.15) is 0 Å². The number of carbonyl (C=O) groups is 1. The molecule has 2 nitrogen and oxygen atoms in total. The van der Waals surface area contributed by atoms with Gasteiger partial charge in [0.05, 0.1) is 0 Å². The Kier molecular flexibility index (Phi) is 5.00. The molecular weight excluding hydrogens is 220 g/mol. The molecule has 0 heterocycles. The molecule has 0 fully saturated rings. The van der Waals surface area contributed by atoms with Gasteiger partial charge in [-0.15, -0.1) is 0 Å². The molecule has 0 aromatic rings. The third kappa shape index (κ3) is 9.94. The number of carbonyl (C=O) groups excluding carboxylic acids is 1. The summed E-state index contributed by atoms with van der Waals surface area (Å²) in [7, 11) is -2.84. The lowest BCUT2D eigenvalue weighted by molar-refractivity contribution is -0.129. The second-order valence-corrected chi connectivity index (χ2v) is 16.2. The third-order valence-corrected chi connectivity index (χ3v) is 4.01. The Hall–Kier alpha value is -0.356. The van der Waals surface area contributed by atoms with E-state index < -0.39 is 16.4 Å². The monoisotopic (exact) mass is 244 g/mol. The summed E-state index contributed by atoms with van der Waals surface area (Å²) in [5.74, 6) is -0.162. The van der Waals surface area contributed by atoms with E-state index in [2.05, 4.69) is 19.6 Å². The Balaban J connectivity index is 4.31. The van der Waals surface area contributed by atoms with Gasteiger partial charge in [-0.25, -0.2) is 4.79 Å². The predicted octanol–water partition coefficient (Wildman–Crippen LogP) is 3.65. The lowest BCUT2D eigenvalue weighted by Gasteiger charge is -2.18. The molecular formula is C11H24O2Si2. The van der Waals surface area contributed by atoms with Crippen LogP contribution in [0.15, 0.2) is 11.6 Å². The van der Waals surface area contributed by atoms with Crippen LogP contribution in [0, 0.1) is 0 Å². The molecule has 0 N–H and O–H groups in total. The molecule has 0 unspecified atom stereocenters. The van der Waals surface area contributed by atoms with Crippen LogP contribution in [0.4, 0.5) is 0 Å². The van der Waals surface area contributed by atoms with Gasteiger partial charge in [-0.1, -0.05) is 25.2 Å². The molecule has 15 heavy (non-hydrogen) atoms. The SMILES string of the molecule is C/C(=C/C(=O)O[Si](C)(C)C)C[Si](C)(C)C. The van der Waals surface area contributed by atoms with Crippen molar-refractivity contribution in [3.05, 3.63) is 11.6 Å². The number of hydrogen-bond acceptors (Lipinski definition) is 2. The van der Waals surface area contributed by atoms with Crippen LogP contribution >= 0.6 is 0 Å². The maximum atomic E-state index is 11.5. The third-order valence-electron chi connectivity index (χ3n) is 1.58. The van der Waals surface area contributed by atoms with E-state index in [1.54, 1.807) is 6.08 Å². The normalized spacial score (nSPS) is 13.9. The Morgan fingerprint density at radius 3 is 1.93 bits per heavy atom. The highest BCUT2D eigenvalue weighted by atomic mass is 28.4. The van der Waals surface area contributed by atoms with Crippen LogP contribution in [0.1, 0.15) is 6.92 Å². The zero-order valence-electron chi connectivity index (χ0n) is 11.1. The van der Waals surface area contributed by atoms with Crippen LogP contribution < -0.4 is 0 Å².